The summed E-state index contributed by atoms with van der Waals surface area (Å²) < 4.78 is 18.3. The second-order valence-electron chi connectivity index (χ2n) is 8.25. The van der Waals surface area contributed by atoms with E-state index in [1.165, 1.54) is 10.4 Å². The van der Waals surface area contributed by atoms with Crippen LogP contribution in [0, 0.1) is 0 Å². The second kappa shape index (κ2) is 8.94. The molecule has 3 aromatic carbocycles. The molecule has 0 aromatic heterocycles. The fourth-order valence-electron chi connectivity index (χ4n) is 3.97. The molecule has 0 saturated heterocycles. The van der Waals surface area contributed by atoms with Crippen LogP contribution in [0.2, 0.25) is 5.04 Å². The van der Waals surface area contributed by atoms with Gasteiger partial charge < -0.3 is 19.0 Å². The van der Waals surface area contributed by atoms with Gasteiger partial charge in [-0.15, -0.1) is 0 Å². The molecule has 0 unspecified atom stereocenters. The Kier molecular flexibility index (Phi) is 6.54. The molecule has 0 fully saturated rings. The molecule has 0 radical (unpaired) electrons. The van der Waals surface area contributed by atoms with E-state index >= 15 is 0 Å². The number of hydrogen-bond donors (Lipinski definition) is 1. The Morgan fingerprint density at radius 1 is 0.767 bits per heavy atom. The molecule has 0 amide bonds. The van der Waals surface area contributed by atoms with Crippen molar-refractivity contribution >= 4 is 18.7 Å². The first-order chi connectivity index (χ1) is 14.4. The highest BCUT2D eigenvalue weighted by molar-refractivity contribution is 7.00. The Morgan fingerprint density at radius 3 is 1.67 bits per heavy atom. The first-order valence-corrected chi connectivity index (χ1v) is 11.9. The fraction of sp³-hybridized carbons (Fsp3) is 0.280. The predicted molar refractivity (Wildman–Crippen MR) is 124 cm³/mol. The van der Waals surface area contributed by atoms with E-state index in [0.29, 0.717) is 22.8 Å². The van der Waals surface area contributed by atoms with E-state index in [-0.39, 0.29) is 11.6 Å². The van der Waals surface area contributed by atoms with Gasteiger partial charge in [0.05, 0.1) is 20.8 Å². The van der Waals surface area contributed by atoms with Crippen molar-refractivity contribution in [3.63, 3.8) is 0 Å². The highest BCUT2D eigenvalue weighted by Gasteiger charge is 2.52. The molecule has 3 aromatic rings. The van der Waals surface area contributed by atoms with Crippen LogP contribution in [-0.2, 0) is 6.61 Å². The van der Waals surface area contributed by atoms with Crippen LogP contribution in [0.25, 0.3) is 0 Å². The number of benzene rings is 3. The van der Waals surface area contributed by atoms with E-state index in [0.717, 1.165) is 0 Å². The van der Waals surface area contributed by atoms with E-state index in [1.54, 1.807) is 20.3 Å². The zero-order valence-corrected chi connectivity index (χ0v) is 19.3. The molecule has 1 N–H and O–H groups in total. The average Bonchev–Trinajstić information content (AvgIpc) is 2.77. The second-order valence-corrected chi connectivity index (χ2v) is 12.5. The van der Waals surface area contributed by atoms with Crippen LogP contribution in [0.5, 0.6) is 17.2 Å². The molecule has 0 aliphatic carbocycles. The zero-order chi connectivity index (χ0) is 21.8. The van der Waals surface area contributed by atoms with Gasteiger partial charge in [0, 0.05) is 0 Å². The number of methoxy groups -OCH3 is 2. The average molecular weight is 423 g/mol. The molecule has 5 heteroatoms. The number of aliphatic hydroxyl groups excluding tert-OH is 1. The molecule has 0 heterocycles. The van der Waals surface area contributed by atoms with Crippen LogP contribution in [0.1, 0.15) is 26.3 Å². The fourth-order valence-corrected chi connectivity index (χ4v) is 8.38. The van der Waals surface area contributed by atoms with Crippen molar-refractivity contribution in [3.8, 4) is 17.2 Å². The molecule has 0 spiro atoms. The number of rotatable bonds is 7. The Labute approximate surface area is 180 Å². The third-order valence-electron chi connectivity index (χ3n) is 5.37. The zero-order valence-electron chi connectivity index (χ0n) is 18.3. The first-order valence-electron chi connectivity index (χ1n) is 10.0. The predicted octanol–water partition coefficient (Wildman–Crippen LogP) is 4.13. The lowest BCUT2D eigenvalue weighted by Crippen LogP contribution is -2.68. The first kappa shape index (κ1) is 21.9. The topological polar surface area (TPSA) is 47.9 Å². The van der Waals surface area contributed by atoms with Crippen LogP contribution in [0.4, 0.5) is 0 Å². The van der Waals surface area contributed by atoms with Crippen molar-refractivity contribution in [2.45, 2.75) is 32.4 Å². The molecule has 30 heavy (non-hydrogen) atoms. The maximum absolute atomic E-state index is 9.80. The van der Waals surface area contributed by atoms with Gasteiger partial charge in [-0.05, 0) is 33.1 Å². The lowest BCUT2D eigenvalue weighted by Gasteiger charge is -2.43. The molecule has 0 saturated carbocycles. The van der Waals surface area contributed by atoms with E-state index < -0.39 is 8.32 Å². The van der Waals surface area contributed by atoms with Gasteiger partial charge in [-0.2, -0.15) is 0 Å². The largest absolute Gasteiger partial charge is 0.531 e. The van der Waals surface area contributed by atoms with E-state index in [4.69, 9.17) is 13.9 Å². The van der Waals surface area contributed by atoms with Crippen molar-refractivity contribution in [1.82, 2.24) is 0 Å². The Hall–Kier alpha value is -2.76. The molecule has 0 aliphatic heterocycles. The molecule has 0 atom stereocenters. The number of hydrogen-bond acceptors (Lipinski definition) is 4. The maximum Gasteiger partial charge on any atom is 0.320 e. The summed E-state index contributed by atoms with van der Waals surface area (Å²) >= 11 is 0. The van der Waals surface area contributed by atoms with Gasteiger partial charge >= 0.3 is 8.32 Å². The summed E-state index contributed by atoms with van der Waals surface area (Å²) in [5.74, 6) is 1.65. The minimum atomic E-state index is -2.83. The summed E-state index contributed by atoms with van der Waals surface area (Å²) in [5, 5.41) is 11.9. The lowest BCUT2D eigenvalue weighted by molar-refractivity contribution is 0.279. The van der Waals surface area contributed by atoms with E-state index in [1.807, 2.05) is 18.2 Å². The minimum Gasteiger partial charge on any atom is -0.531 e. The smallest absolute Gasteiger partial charge is 0.320 e. The van der Waals surface area contributed by atoms with Gasteiger partial charge in [-0.25, -0.2) is 0 Å². The summed E-state index contributed by atoms with van der Waals surface area (Å²) in [6.07, 6.45) is 0. The standard InChI is InChI=1S/C25H30O4Si/c1-25(2,3)30(20-12-8-6-9-13-20,21-14-10-7-11-15-21)29-23-17-19(18-26)16-22(27-4)24(23)28-5/h6-17,26H,18H2,1-5H3. The van der Waals surface area contributed by atoms with Crippen LogP contribution in [0.15, 0.2) is 72.8 Å². The Morgan fingerprint density at radius 2 is 1.27 bits per heavy atom. The normalized spacial score (nSPS) is 11.8. The quantitative estimate of drug-likeness (QED) is 0.582. The molecular formula is C25H30O4Si. The Balaban J connectivity index is 2.33. The van der Waals surface area contributed by atoms with E-state index in [9.17, 15) is 5.11 Å². The lowest BCUT2D eigenvalue weighted by atomic mass is 10.2. The van der Waals surface area contributed by atoms with Crippen molar-refractivity contribution in [2.75, 3.05) is 14.2 Å². The third-order valence-corrected chi connectivity index (χ3v) is 10.3. The summed E-state index contributed by atoms with van der Waals surface area (Å²) in [6.45, 7) is 6.55. The van der Waals surface area contributed by atoms with Gasteiger partial charge in [-0.3, -0.25) is 0 Å². The monoisotopic (exact) mass is 422 g/mol. The van der Waals surface area contributed by atoms with Gasteiger partial charge in [0.25, 0.3) is 0 Å². The Bertz CT molecular complexity index is 926. The molecular weight excluding hydrogens is 392 g/mol. The number of aliphatic hydroxyl groups is 1. The molecule has 4 nitrogen and oxygen atoms in total. The van der Waals surface area contributed by atoms with Gasteiger partial charge in [0.15, 0.2) is 11.5 Å². The van der Waals surface area contributed by atoms with Crippen LogP contribution in [0.3, 0.4) is 0 Å². The minimum absolute atomic E-state index is 0.114. The van der Waals surface area contributed by atoms with Crippen molar-refractivity contribution < 1.29 is 19.0 Å². The molecule has 158 valence electrons. The summed E-state index contributed by atoms with van der Waals surface area (Å²) in [5.41, 5.74) is 0.709. The summed E-state index contributed by atoms with van der Waals surface area (Å²) in [4.78, 5) is 0. The highest BCUT2D eigenvalue weighted by Crippen LogP contribution is 2.44. The van der Waals surface area contributed by atoms with Gasteiger partial charge in [-0.1, -0.05) is 81.4 Å². The van der Waals surface area contributed by atoms with Gasteiger partial charge in [0.2, 0.25) is 5.75 Å². The third kappa shape index (κ3) is 3.95. The maximum atomic E-state index is 9.80. The van der Waals surface area contributed by atoms with Crippen LogP contribution >= 0.6 is 0 Å². The van der Waals surface area contributed by atoms with Crippen LogP contribution < -0.4 is 24.3 Å². The number of ether oxygens (including phenoxy) is 2. The van der Waals surface area contributed by atoms with E-state index in [2.05, 4.69) is 69.3 Å². The molecule has 0 bridgehead atoms. The van der Waals surface area contributed by atoms with Crippen LogP contribution in [-0.4, -0.2) is 27.6 Å². The molecule has 3 rings (SSSR count). The summed E-state index contributed by atoms with van der Waals surface area (Å²) in [6, 6.07) is 24.4. The SMILES string of the molecule is COc1cc(CO)cc(O[Si](c2ccccc2)(c2ccccc2)C(C)(C)C)c1OC. The highest BCUT2D eigenvalue weighted by atomic mass is 28.4. The van der Waals surface area contributed by atoms with Crippen molar-refractivity contribution in [2.24, 2.45) is 0 Å². The van der Waals surface area contributed by atoms with Crippen molar-refractivity contribution in [1.29, 1.82) is 0 Å². The summed E-state index contributed by atoms with van der Waals surface area (Å²) in [7, 11) is 0.368. The molecule has 0 aliphatic rings. The van der Waals surface area contributed by atoms with Gasteiger partial charge in [0.1, 0.15) is 0 Å². The van der Waals surface area contributed by atoms with Crippen molar-refractivity contribution in [3.05, 3.63) is 78.4 Å².